The van der Waals surface area contributed by atoms with Crippen LogP contribution in [0, 0.1) is 5.92 Å². The molecule has 2 amide bonds. The van der Waals surface area contributed by atoms with Crippen molar-refractivity contribution >= 4 is 72.9 Å². The molecule has 1 fully saturated rings. The maximum absolute atomic E-state index is 14.0. The number of carbonyl (C=O) groups is 4. The van der Waals surface area contributed by atoms with Crippen LogP contribution in [0.25, 0.3) is 0 Å². The summed E-state index contributed by atoms with van der Waals surface area (Å²) in [6.45, 7) is 9.83. The molecule has 0 radical (unpaired) electrons. The van der Waals surface area contributed by atoms with E-state index in [0.29, 0.717) is 0 Å². The third kappa shape index (κ3) is 6.70. The van der Waals surface area contributed by atoms with Crippen LogP contribution in [0.5, 0.6) is 11.5 Å². The number of rotatable bonds is 8. The molecule has 40 heavy (non-hydrogen) atoms. The lowest BCUT2D eigenvalue weighted by Crippen LogP contribution is -2.55. The Bertz CT molecular complexity index is 1170. The van der Waals surface area contributed by atoms with Gasteiger partial charge in [0, 0.05) is 18.5 Å². The first-order valence-corrected chi connectivity index (χ1v) is 16.7. The number of ether oxygens (including phenoxy) is 3. The van der Waals surface area contributed by atoms with Gasteiger partial charge >= 0.3 is 6.09 Å². The van der Waals surface area contributed by atoms with Crippen LogP contribution >= 0.6 is 34.8 Å². The Morgan fingerprint density at radius 2 is 1.70 bits per heavy atom. The highest BCUT2D eigenvalue weighted by Gasteiger charge is 2.51. The van der Waals surface area contributed by atoms with Gasteiger partial charge in [-0.25, -0.2) is 4.79 Å². The molecule has 0 saturated carbocycles. The van der Waals surface area contributed by atoms with Crippen molar-refractivity contribution in [2.75, 3.05) is 38.9 Å². The SMILES string of the molecule is COc1cc2c(cc1OC)N(C(=O)OCC(Cl)(Cl)Cl)C(CO[Si](C)(C)C(C)(C)C)[C@@H]1C[C@@H](C(=O)C=O)CN1C2=O. The number of benzene rings is 1. The van der Waals surface area contributed by atoms with Crippen molar-refractivity contribution in [3.05, 3.63) is 17.7 Å². The Hall–Kier alpha value is -2.05. The summed E-state index contributed by atoms with van der Waals surface area (Å²) in [5, 5.41) is -0.158. The minimum absolute atomic E-state index is 0.00247. The predicted octanol–water partition coefficient (Wildman–Crippen LogP) is 5.02. The van der Waals surface area contributed by atoms with Crippen molar-refractivity contribution in [3.8, 4) is 11.5 Å². The number of carbonyl (C=O) groups excluding carboxylic acids is 4. The number of alkyl halides is 3. The normalized spacial score (nSPS) is 21.4. The molecule has 0 aliphatic carbocycles. The molecule has 1 aromatic rings. The number of amides is 2. The Labute approximate surface area is 250 Å². The minimum atomic E-state index is -2.36. The van der Waals surface area contributed by atoms with Gasteiger partial charge < -0.3 is 23.5 Å². The third-order valence-corrected chi connectivity index (χ3v) is 12.7. The minimum Gasteiger partial charge on any atom is -0.493 e. The van der Waals surface area contributed by atoms with Gasteiger partial charge in [0.2, 0.25) is 3.79 Å². The number of Topliss-reactive ketones (excluding diaryl/α,β-unsaturated/α-hetero) is 1. The lowest BCUT2D eigenvalue weighted by atomic mass is 9.97. The molecule has 0 bridgehead atoms. The zero-order valence-corrected chi connectivity index (χ0v) is 26.9. The lowest BCUT2D eigenvalue weighted by molar-refractivity contribution is -0.132. The quantitative estimate of drug-likeness (QED) is 0.169. The van der Waals surface area contributed by atoms with E-state index in [-0.39, 0.29) is 53.6 Å². The van der Waals surface area contributed by atoms with E-state index in [1.54, 1.807) is 0 Å². The van der Waals surface area contributed by atoms with E-state index in [9.17, 15) is 19.2 Å². The fraction of sp³-hybridized carbons (Fsp3) is 0.615. The maximum atomic E-state index is 14.0. The van der Waals surface area contributed by atoms with Crippen LogP contribution in [-0.2, 0) is 18.8 Å². The lowest BCUT2D eigenvalue weighted by Gasteiger charge is -2.41. The monoisotopic (exact) mass is 636 g/mol. The largest absolute Gasteiger partial charge is 0.493 e. The van der Waals surface area contributed by atoms with Gasteiger partial charge in [0.05, 0.1) is 44.2 Å². The molecular formula is C26H35Cl3N2O8Si. The molecule has 10 nitrogen and oxygen atoms in total. The van der Waals surface area contributed by atoms with Gasteiger partial charge in [0.1, 0.15) is 6.61 Å². The van der Waals surface area contributed by atoms with Gasteiger partial charge in [0.25, 0.3) is 5.91 Å². The van der Waals surface area contributed by atoms with Crippen molar-refractivity contribution in [2.45, 2.75) is 61.2 Å². The third-order valence-electron chi connectivity index (χ3n) is 7.87. The molecule has 0 aromatic heterocycles. The van der Waals surface area contributed by atoms with Crippen LogP contribution in [0.15, 0.2) is 12.1 Å². The summed E-state index contributed by atoms with van der Waals surface area (Å²) in [5.41, 5.74) is 0.302. The molecule has 3 atom stereocenters. The van der Waals surface area contributed by atoms with E-state index in [2.05, 4.69) is 33.9 Å². The van der Waals surface area contributed by atoms with Crippen LogP contribution in [-0.4, -0.2) is 87.1 Å². The van der Waals surface area contributed by atoms with Gasteiger partial charge in [-0.2, -0.15) is 0 Å². The molecule has 1 unspecified atom stereocenters. The number of hydrogen-bond acceptors (Lipinski definition) is 8. The highest BCUT2D eigenvalue weighted by atomic mass is 35.6. The fourth-order valence-electron chi connectivity index (χ4n) is 4.65. The number of methoxy groups -OCH3 is 2. The summed E-state index contributed by atoms with van der Waals surface area (Å²) in [4.78, 5) is 54.4. The molecule has 1 saturated heterocycles. The number of fused-ring (bicyclic) bond motifs is 2. The Kier molecular flexibility index (Phi) is 9.78. The van der Waals surface area contributed by atoms with Crippen LogP contribution in [0.4, 0.5) is 10.5 Å². The summed E-state index contributed by atoms with van der Waals surface area (Å²) in [5.74, 6) is -1.27. The first-order chi connectivity index (χ1) is 18.5. The molecule has 222 valence electrons. The zero-order chi connectivity index (χ0) is 30.2. The van der Waals surface area contributed by atoms with Gasteiger partial charge in [-0.05, 0) is 30.6 Å². The van der Waals surface area contributed by atoms with E-state index in [1.165, 1.54) is 36.2 Å². The topological polar surface area (TPSA) is 112 Å². The van der Waals surface area contributed by atoms with Crippen molar-refractivity contribution in [2.24, 2.45) is 5.92 Å². The highest BCUT2D eigenvalue weighted by molar-refractivity contribution is 6.74. The van der Waals surface area contributed by atoms with E-state index >= 15 is 0 Å². The first-order valence-electron chi connectivity index (χ1n) is 12.7. The van der Waals surface area contributed by atoms with Crippen LogP contribution < -0.4 is 14.4 Å². The summed E-state index contributed by atoms with van der Waals surface area (Å²) in [6, 6.07) is 1.48. The van der Waals surface area contributed by atoms with E-state index in [4.69, 9.17) is 53.4 Å². The van der Waals surface area contributed by atoms with Crippen molar-refractivity contribution in [1.29, 1.82) is 0 Å². The number of aldehydes is 1. The molecule has 0 N–H and O–H groups in total. The van der Waals surface area contributed by atoms with E-state index < -0.39 is 54.5 Å². The zero-order valence-electron chi connectivity index (χ0n) is 23.6. The second-order valence-corrected chi connectivity index (χ2v) is 18.7. The number of hydrogen-bond donors (Lipinski definition) is 0. The maximum Gasteiger partial charge on any atom is 0.414 e. The van der Waals surface area contributed by atoms with Gasteiger partial charge in [-0.1, -0.05) is 55.6 Å². The molecule has 2 heterocycles. The Morgan fingerprint density at radius 1 is 1.10 bits per heavy atom. The average Bonchev–Trinajstić information content (AvgIpc) is 3.28. The van der Waals surface area contributed by atoms with Gasteiger partial charge in [-0.3, -0.25) is 19.3 Å². The highest BCUT2D eigenvalue weighted by Crippen LogP contribution is 2.44. The van der Waals surface area contributed by atoms with Crippen molar-refractivity contribution in [1.82, 2.24) is 4.90 Å². The number of anilines is 1. The van der Waals surface area contributed by atoms with Crippen LogP contribution in [0.1, 0.15) is 37.6 Å². The average molecular weight is 638 g/mol. The van der Waals surface area contributed by atoms with Crippen molar-refractivity contribution < 1.29 is 37.8 Å². The van der Waals surface area contributed by atoms with Crippen LogP contribution in [0.3, 0.4) is 0 Å². The fourth-order valence-corrected chi connectivity index (χ4v) is 5.84. The number of nitrogens with zero attached hydrogens (tertiary/aromatic N) is 2. The molecular weight excluding hydrogens is 603 g/mol. The van der Waals surface area contributed by atoms with E-state index in [0.717, 1.165) is 0 Å². The summed E-state index contributed by atoms with van der Waals surface area (Å²) in [7, 11) is 0.491. The predicted molar refractivity (Wildman–Crippen MR) is 155 cm³/mol. The number of halogens is 3. The van der Waals surface area contributed by atoms with E-state index in [1.807, 2.05) is 0 Å². The molecule has 3 rings (SSSR count). The second kappa shape index (κ2) is 12.0. The molecule has 14 heteroatoms. The van der Waals surface area contributed by atoms with Crippen LogP contribution in [0.2, 0.25) is 18.1 Å². The Morgan fingerprint density at radius 3 is 2.23 bits per heavy atom. The molecule has 2 aliphatic rings. The first kappa shape index (κ1) is 32.5. The van der Waals surface area contributed by atoms with Crippen molar-refractivity contribution in [3.63, 3.8) is 0 Å². The molecule has 0 spiro atoms. The Balaban J connectivity index is 2.23. The summed E-state index contributed by atoms with van der Waals surface area (Å²) >= 11 is 17.6. The second-order valence-electron chi connectivity index (χ2n) is 11.4. The molecule has 2 aliphatic heterocycles. The standard InChI is InChI=1S/C26H35Cl3N2O8Si/c1-25(2,3)40(6,7)39-13-19-18-8-15(20(33)12-32)11-30(18)23(34)16-9-21(36-4)22(37-5)10-17(16)31(19)24(35)38-14-26(27,28)29/h9-10,12,15,18-19H,8,11,13-14H2,1-7H3/t15-,18+,19?/m1/s1. The number of ketones is 1. The van der Waals surface area contributed by atoms with Gasteiger partial charge in [0.15, 0.2) is 31.9 Å². The summed E-state index contributed by atoms with van der Waals surface area (Å²) < 4.78 is 21.0. The summed E-state index contributed by atoms with van der Waals surface area (Å²) in [6.07, 6.45) is -0.480. The smallest absolute Gasteiger partial charge is 0.414 e. The van der Waals surface area contributed by atoms with Gasteiger partial charge in [-0.15, -0.1) is 0 Å². The molecule has 1 aromatic carbocycles.